The van der Waals surface area contributed by atoms with E-state index in [1.165, 1.54) is 35.3 Å². The smallest absolute Gasteiger partial charge is 0.141 e. The Hall–Kier alpha value is -2.83. The number of aliphatic imine (C=N–C) groups is 1. The van der Waals surface area contributed by atoms with Crippen molar-refractivity contribution in [2.24, 2.45) is 10.7 Å². The quantitative estimate of drug-likeness (QED) is 0.378. The summed E-state index contributed by atoms with van der Waals surface area (Å²) in [6, 6.07) is 19.8. The molecule has 1 aliphatic heterocycles. The van der Waals surface area contributed by atoms with Crippen LogP contribution in [-0.4, -0.2) is 51.1 Å². The van der Waals surface area contributed by atoms with Gasteiger partial charge in [-0.25, -0.2) is 4.99 Å². The summed E-state index contributed by atoms with van der Waals surface area (Å²) in [6.45, 7) is 1.99. The van der Waals surface area contributed by atoms with Crippen molar-refractivity contribution < 1.29 is 0 Å². The minimum Gasteiger partial charge on any atom is -0.383 e. The summed E-state index contributed by atoms with van der Waals surface area (Å²) in [5, 5.41) is 2.03. The average molecular weight is 460 g/mol. The summed E-state index contributed by atoms with van der Waals surface area (Å²) in [5.41, 5.74) is 12.5. The monoisotopic (exact) mass is 459 g/mol. The Morgan fingerprint density at radius 1 is 1.09 bits per heavy atom. The molecule has 0 bridgehead atoms. The number of hydrogen-bond donors (Lipinski definition) is 1. The van der Waals surface area contributed by atoms with E-state index < -0.39 is 0 Å². The number of fused-ring (bicyclic) bond motifs is 1. The van der Waals surface area contributed by atoms with Crippen molar-refractivity contribution in [3.63, 3.8) is 0 Å². The highest BCUT2D eigenvalue weighted by atomic mass is 32.1. The Kier molecular flexibility index (Phi) is 6.13. The van der Waals surface area contributed by atoms with Gasteiger partial charge in [0.2, 0.25) is 0 Å². The first-order valence-electron chi connectivity index (χ1n) is 11.7. The van der Waals surface area contributed by atoms with Crippen LogP contribution in [0.3, 0.4) is 0 Å². The minimum atomic E-state index is 0.278. The molecule has 1 aromatic heterocycles. The van der Waals surface area contributed by atoms with Crippen molar-refractivity contribution in [3.8, 4) is 0 Å². The topological polar surface area (TPSA) is 48.1 Å². The highest BCUT2D eigenvalue weighted by Crippen LogP contribution is 2.43. The number of likely N-dealkylation sites (N-methyl/N-ethyl adjacent to an activating group) is 2. The first-order chi connectivity index (χ1) is 16.0. The number of anilines is 2. The van der Waals surface area contributed by atoms with Crippen molar-refractivity contribution in [2.45, 2.75) is 31.3 Å². The van der Waals surface area contributed by atoms with Crippen molar-refractivity contribution in [2.75, 3.05) is 44.0 Å². The highest BCUT2D eigenvalue weighted by molar-refractivity contribution is 7.12. The van der Waals surface area contributed by atoms with E-state index in [1.807, 2.05) is 17.5 Å². The van der Waals surface area contributed by atoms with Crippen LogP contribution in [0.1, 0.15) is 34.8 Å². The second-order valence-electron chi connectivity index (χ2n) is 9.46. The number of thiophene rings is 1. The summed E-state index contributed by atoms with van der Waals surface area (Å²) in [6.07, 6.45) is 3.96. The Bertz CT molecular complexity index is 1120. The first kappa shape index (κ1) is 22.0. The van der Waals surface area contributed by atoms with Gasteiger partial charge in [0.05, 0.1) is 21.9 Å². The Labute approximate surface area is 201 Å². The van der Waals surface area contributed by atoms with E-state index in [-0.39, 0.29) is 6.17 Å². The third-order valence-electron chi connectivity index (χ3n) is 6.71. The molecule has 2 heterocycles. The largest absolute Gasteiger partial charge is 0.383 e. The first-order valence-corrected chi connectivity index (χ1v) is 12.6. The number of benzene rings is 2. The van der Waals surface area contributed by atoms with E-state index in [1.54, 1.807) is 11.3 Å². The number of nitrogens with zero attached hydrogens (tertiary/aromatic N) is 4. The van der Waals surface area contributed by atoms with E-state index in [4.69, 9.17) is 10.7 Å². The number of hydrogen-bond acceptors (Lipinski definition) is 5. The Balaban J connectivity index is 1.41. The van der Waals surface area contributed by atoms with E-state index in [9.17, 15) is 0 Å². The van der Waals surface area contributed by atoms with Crippen molar-refractivity contribution in [3.05, 3.63) is 76.0 Å². The summed E-state index contributed by atoms with van der Waals surface area (Å²) in [7, 11) is 6.47. The van der Waals surface area contributed by atoms with Crippen molar-refractivity contribution >= 4 is 34.2 Å². The van der Waals surface area contributed by atoms with Gasteiger partial charge >= 0.3 is 0 Å². The fraction of sp³-hybridized carbons (Fsp3) is 0.370. The normalized spacial score (nSPS) is 18.3. The van der Waals surface area contributed by atoms with Crippen LogP contribution in [0.4, 0.5) is 17.1 Å². The highest BCUT2D eigenvalue weighted by Gasteiger charge is 2.34. The molecule has 1 aliphatic carbocycles. The predicted molar refractivity (Wildman–Crippen MR) is 141 cm³/mol. The van der Waals surface area contributed by atoms with Crippen LogP contribution in [0.2, 0.25) is 0 Å². The summed E-state index contributed by atoms with van der Waals surface area (Å²) >= 11 is 1.62. The lowest BCUT2D eigenvalue weighted by Crippen LogP contribution is -2.45. The Morgan fingerprint density at radius 2 is 1.88 bits per heavy atom. The van der Waals surface area contributed by atoms with Gasteiger partial charge in [-0.3, -0.25) is 0 Å². The lowest BCUT2D eigenvalue weighted by molar-refractivity contribution is 0.405. The molecule has 0 radical (unpaired) electrons. The molecule has 1 atom stereocenters. The van der Waals surface area contributed by atoms with Gasteiger partial charge in [0.1, 0.15) is 12.0 Å². The molecule has 33 heavy (non-hydrogen) atoms. The molecule has 2 N–H and O–H groups in total. The van der Waals surface area contributed by atoms with Crippen LogP contribution in [0.5, 0.6) is 0 Å². The lowest BCUT2D eigenvalue weighted by atomic mass is 10.0. The van der Waals surface area contributed by atoms with E-state index in [0.29, 0.717) is 5.84 Å². The predicted octanol–water partition coefficient (Wildman–Crippen LogP) is 5.05. The summed E-state index contributed by atoms with van der Waals surface area (Å²) in [4.78, 5) is 12.9. The second-order valence-corrected chi connectivity index (χ2v) is 10.4. The van der Waals surface area contributed by atoms with Crippen molar-refractivity contribution in [1.29, 1.82) is 0 Å². The molecular formula is C27H33N5S. The van der Waals surface area contributed by atoms with Gasteiger partial charge in [0.25, 0.3) is 0 Å². The maximum atomic E-state index is 6.26. The van der Waals surface area contributed by atoms with Crippen LogP contribution in [-0.2, 0) is 6.42 Å². The molecule has 2 aliphatic rings. The molecule has 172 valence electrons. The number of amidine groups is 1. The molecule has 1 saturated carbocycles. The van der Waals surface area contributed by atoms with Gasteiger partial charge in [-0.05, 0) is 73.6 Å². The van der Waals surface area contributed by atoms with Gasteiger partial charge in [-0.15, -0.1) is 11.3 Å². The van der Waals surface area contributed by atoms with Crippen LogP contribution in [0, 0.1) is 0 Å². The fourth-order valence-electron chi connectivity index (χ4n) is 4.63. The van der Waals surface area contributed by atoms with Crippen LogP contribution >= 0.6 is 11.3 Å². The van der Waals surface area contributed by atoms with Gasteiger partial charge in [-0.1, -0.05) is 30.3 Å². The zero-order valence-corrected chi connectivity index (χ0v) is 20.6. The average Bonchev–Trinajstić information content (AvgIpc) is 3.44. The molecule has 2 aromatic carbocycles. The third kappa shape index (κ3) is 4.77. The molecule has 6 heteroatoms. The maximum Gasteiger partial charge on any atom is 0.141 e. The molecule has 5 rings (SSSR count). The molecular weight excluding hydrogens is 426 g/mol. The van der Waals surface area contributed by atoms with E-state index in [2.05, 4.69) is 78.3 Å². The van der Waals surface area contributed by atoms with Gasteiger partial charge in [0.15, 0.2) is 0 Å². The molecule has 0 saturated heterocycles. The van der Waals surface area contributed by atoms with Crippen LogP contribution in [0.15, 0.2) is 65.0 Å². The van der Waals surface area contributed by atoms with E-state index in [0.717, 1.165) is 36.0 Å². The van der Waals surface area contributed by atoms with Crippen LogP contribution < -0.4 is 15.5 Å². The Morgan fingerprint density at radius 3 is 2.55 bits per heavy atom. The standard InChI is InChI=1S/C27H33N5S/c1-30(2)14-15-32-23-13-12-22(29-27(28)25-5-4-16-33-25)18-24(23)31(3)26(32)17-19-6-8-20(9-7-19)21-10-11-21/h4-9,12-13,16,18,21,26H,10-11,14-15,17H2,1-3H3,(H2,28,29). The van der Waals surface area contributed by atoms with Crippen molar-refractivity contribution in [1.82, 2.24) is 4.90 Å². The molecule has 0 spiro atoms. The number of nitrogens with two attached hydrogens (primary N) is 1. The summed E-state index contributed by atoms with van der Waals surface area (Å²) < 4.78 is 0. The maximum absolute atomic E-state index is 6.26. The number of rotatable bonds is 8. The molecule has 1 fully saturated rings. The second kappa shape index (κ2) is 9.20. The third-order valence-corrected chi connectivity index (χ3v) is 7.61. The zero-order valence-electron chi connectivity index (χ0n) is 19.7. The lowest BCUT2D eigenvalue weighted by Gasteiger charge is -2.32. The molecule has 3 aromatic rings. The van der Waals surface area contributed by atoms with Gasteiger partial charge < -0.3 is 20.4 Å². The SMILES string of the molecule is CN(C)CCN1c2ccc(N=C(N)c3cccs3)cc2N(C)C1Cc1ccc(C2CC2)cc1. The van der Waals surface area contributed by atoms with Crippen LogP contribution in [0.25, 0.3) is 0 Å². The minimum absolute atomic E-state index is 0.278. The molecule has 5 nitrogen and oxygen atoms in total. The molecule has 0 amide bonds. The zero-order chi connectivity index (χ0) is 22.9. The molecule has 1 unspecified atom stereocenters. The fourth-order valence-corrected chi connectivity index (χ4v) is 5.26. The summed E-state index contributed by atoms with van der Waals surface area (Å²) in [5.74, 6) is 1.37. The van der Waals surface area contributed by atoms with Gasteiger partial charge in [-0.2, -0.15) is 0 Å². The van der Waals surface area contributed by atoms with Gasteiger partial charge in [0, 0.05) is 26.6 Å². The van der Waals surface area contributed by atoms with E-state index >= 15 is 0 Å².